The van der Waals surface area contributed by atoms with Gasteiger partial charge in [0, 0.05) is 6.61 Å². The van der Waals surface area contributed by atoms with Crippen molar-refractivity contribution in [1.82, 2.24) is 4.90 Å². The normalized spacial score (nSPS) is 16.1. The lowest BCUT2D eigenvalue weighted by Crippen LogP contribution is -2.65. The van der Waals surface area contributed by atoms with Gasteiger partial charge in [0.2, 0.25) is 5.91 Å². The summed E-state index contributed by atoms with van der Waals surface area (Å²) in [5.74, 6) is -2.35. The number of benzene rings is 2. The van der Waals surface area contributed by atoms with Crippen LogP contribution in [-0.2, 0) is 19.9 Å². The Kier molecular flexibility index (Phi) is 10.5. The summed E-state index contributed by atoms with van der Waals surface area (Å²) in [4.78, 5) is 23.5. The van der Waals surface area contributed by atoms with Crippen LogP contribution >= 0.6 is 0 Å². The van der Waals surface area contributed by atoms with Crippen molar-refractivity contribution >= 4 is 11.9 Å². The van der Waals surface area contributed by atoms with Crippen molar-refractivity contribution in [2.45, 2.75) is 50.6 Å². The number of carbonyl (C=O) groups is 2. The minimum atomic E-state index is -5.08. The maximum atomic E-state index is 13.0. The summed E-state index contributed by atoms with van der Waals surface area (Å²) in [6.07, 6.45) is -4.15. The standard InChI is InChI=1S/C24H32N2O4.C2HF3O2/c1-4-5-14-30-24(20-9-7-6-8-17(20)2)15-26(16-24)23(28)21(25)22(27)18-10-12-19(29-3)13-11-18;3-2(4,5)1(6)7/h6-13,21-22,27H,4-5,14-16,25H2,1-3H3;(H,6,7). The van der Waals surface area contributed by atoms with Crippen LogP contribution in [0.3, 0.4) is 0 Å². The third kappa shape index (κ3) is 7.67. The van der Waals surface area contributed by atoms with E-state index in [4.69, 9.17) is 25.1 Å². The van der Waals surface area contributed by atoms with Crippen molar-refractivity contribution < 1.29 is 42.4 Å². The number of carboxylic acids is 1. The Labute approximate surface area is 213 Å². The molecule has 1 aliphatic heterocycles. The van der Waals surface area contributed by atoms with Crippen LogP contribution in [0.5, 0.6) is 5.75 Å². The molecule has 1 aliphatic rings. The van der Waals surface area contributed by atoms with Gasteiger partial charge in [-0.25, -0.2) is 4.79 Å². The molecule has 1 heterocycles. The lowest BCUT2D eigenvalue weighted by molar-refractivity contribution is -0.192. The van der Waals surface area contributed by atoms with Crippen LogP contribution < -0.4 is 10.5 Å². The van der Waals surface area contributed by atoms with Gasteiger partial charge in [-0.1, -0.05) is 49.7 Å². The predicted molar refractivity (Wildman–Crippen MR) is 130 cm³/mol. The number of nitrogens with zero attached hydrogens (tertiary/aromatic N) is 1. The number of hydrogen-bond donors (Lipinski definition) is 3. The molecule has 0 bridgehead atoms. The number of aryl methyl sites for hydroxylation is 1. The number of unbranched alkanes of at least 4 members (excludes halogenated alkanes) is 1. The lowest BCUT2D eigenvalue weighted by Gasteiger charge is -2.51. The Morgan fingerprint density at radius 2 is 1.70 bits per heavy atom. The molecule has 204 valence electrons. The van der Waals surface area contributed by atoms with Crippen molar-refractivity contribution in [3.05, 3.63) is 65.2 Å². The fourth-order valence-corrected chi connectivity index (χ4v) is 3.92. The Morgan fingerprint density at radius 3 is 2.19 bits per heavy atom. The van der Waals surface area contributed by atoms with Crippen molar-refractivity contribution in [1.29, 1.82) is 0 Å². The van der Waals surface area contributed by atoms with Gasteiger partial charge >= 0.3 is 12.1 Å². The highest BCUT2D eigenvalue weighted by Crippen LogP contribution is 2.38. The zero-order valence-corrected chi connectivity index (χ0v) is 21.0. The predicted octanol–water partition coefficient (Wildman–Crippen LogP) is 3.55. The SMILES string of the molecule is CCCCOC1(c2ccccc2C)CN(C(=O)C(N)C(O)c2ccc(OC)cc2)C1.O=C(O)C(F)(F)F. The molecule has 37 heavy (non-hydrogen) atoms. The van der Waals surface area contributed by atoms with E-state index in [-0.39, 0.29) is 5.91 Å². The second-order valence-corrected chi connectivity index (χ2v) is 8.75. The summed E-state index contributed by atoms with van der Waals surface area (Å²) in [6.45, 7) is 5.70. The molecule has 2 unspecified atom stereocenters. The van der Waals surface area contributed by atoms with Crippen LogP contribution in [0.4, 0.5) is 13.2 Å². The average molecular weight is 527 g/mol. The average Bonchev–Trinajstić information content (AvgIpc) is 2.84. The molecule has 0 spiro atoms. The van der Waals surface area contributed by atoms with Crippen molar-refractivity contribution in [3.8, 4) is 5.75 Å². The first-order valence-electron chi connectivity index (χ1n) is 11.7. The van der Waals surface area contributed by atoms with Crippen LogP contribution in [-0.4, -0.2) is 66.0 Å². The number of carbonyl (C=O) groups excluding carboxylic acids is 1. The number of alkyl halides is 3. The minimum absolute atomic E-state index is 0.276. The van der Waals surface area contributed by atoms with E-state index in [1.54, 1.807) is 36.3 Å². The molecule has 11 heteroatoms. The number of ether oxygens (including phenoxy) is 2. The summed E-state index contributed by atoms with van der Waals surface area (Å²) >= 11 is 0. The van der Waals surface area contributed by atoms with E-state index in [0.29, 0.717) is 31.0 Å². The third-order valence-electron chi connectivity index (χ3n) is 6.04. The van der Waals surface area contributed by atoms with Crippen LogP contribution in [0.15, 0.2) is 48.5 Å². The van der Waals surface area contributed by atoms with Crippen LogP contribution in [0, 0.1) is 6.92 Å². The van der Waals surface area contributed by atoms with Gasteiger partial charge in [-0.15, -0.1) is 0 Å². The number of hydrogen-bond acceptors (Lipinski definition) is 6. The fraction of sp³-hybridized carbons (Fsp3) is 0.462. The summed E-state index contributed by atoms with van der Waals surface area (Å²) in [6, 6.07) is 14.0. The molecule has 0 aliphatic carbocycles. The van der Waals surface area contributed by atoms with Gasteiger partial charge in [-0.3, -0.25) is 4.79 Å². The monoisotopic (exact) mass is 526 g/mol. The molecule has 2 aromatic rings. The maximum Gasteiger partial charge on any atom is 0.490 e. The zero-order chi connectivity index (χ0) is 27.8. The largest absolute Gasteiger partial charge is 0.497 e. The number of likely N-dealkylation sites (tertiary alicyclic amines) is 1. The van der Waals surface area contributed by atoms with Gasteiger partial charge in [-0.05, 0) is 42.2 Å². The van der Waals surface area contributed by atoms with Gasteiger partial charge in [0.25, 0.3) is 0 Å². The molecule has 1 amide bonds. The number of halogens is 3. The number of aliphatic carboxylic acids is 1. The number of rotatable bonds is 9. The molecule has 2 atom stereocenters. The first-order chi connectivity index (χ1) is 17.4. The zero-order valence-electron chi connectivity index (χ0n) is 21.0. The Morgan fingerprint density at radius 1 is 1.14 bits per heavy atom. The van der Waals surface area contributed by atoms with Crippen molar-refractivity contribution in [3.63, 3.8) is 0 Å². The molecule has 1 saturated heterocycles. The van der Waals surface area contributed by atoms with E-state index >= 15 is 0 Å². The van der Waals surface area contributed by atoms with E-state index < -0.39 is 29.9 Å². The van der Waals surface area contributed by atoms with Gasteiger partial charge < -0.3 is 30.3 Å². The fourth-order valence-electron chi connectivity index (χ4n) is 3.92. The molecule has 0 radical (unpaired) electrons. The van der Waals surface area contributed by atoms with Gasteiger partial charge in [-0.2, -0.15) is 13.2 Å². The molecule has 3 rings (SSSR count). The molecular formula is C26H33F3N2O6. The maximum absolute atomic E-state index is 13.0. The van der Waals surface area contributed by atoms with Gasteiger partial charge in [0.1, 0.15) is 23.5 Å². The lowest BCUT2D eigenvalue weighted by atomic mass is 9.82. The van der Waals surface area contributed by atoms with E-state index in [1.165, 1.54) is 0 Å². The molecular weight excluding hydrogens is 493 g/mol. The highest BCUT2D eigenvalue weighted by Gasteiger charge is 2.49. The number of nitrogens with two attached hydrogens (primary N) is 1. The van der Waals surface area contributed by atoms with Crippen LogP contribution in [0.25, 0.3) is 0 Å². The first kappa shape index (κ1) is 30.1. The quantitative estimate of drug-likeness (QED) is 0.427. The summed E-state index contributed by atoms with van der Waals surface area (Å²) < 4.78 is 43.2. The molecule has 4 N–H and O–H groups in total. The summed E-state index contributed by atoms with van der Waals surface area (Å²) in [7, 11) is 1.58. The minimum Gasteiger partial charge on any atom is -0.497 e. The van der Waals surface area contributed by atoms with E-state index in [2.05, 4.69) is 26.0 Å². The van der Waals surface area contributed by atoms with E-state index in [9.17, 15) is 23.1 Å². The van der Waals surface area contributed by atoms with Crippen LogP contribution in [0.2, 0.25) is 0 Å². The highest BCUT2D eigenvalue weighted by atomic mass is 19.4. The molecule has 8 nitrogen and oxygen atoms in total. The van der Waals surface area contributed by atoms with E-state index in [0.717, 1.165) is 24.0 Å². The van der Waals surface area contributed by atoms with E-state index in [1.807, 2.05) is 12.1 Å². The summed E-state index contributed by atoms with van der Waals surface area (Å²) in [5, 5.41) is 17.7. The number of methoxy groups -OCH3 is 1. The third-order valence-corrected chi connectivity index (χ3v) is 6.04. The van der Waals surface area contributed by atoms with Gasteiger partial charge in [0.15, 0.2) is 0 Å². The molecule has 0 saturated carbocycles. The van der Waals surface area contributed by atoms with Crippen LogP contribution in [0.1, 0.15) is 42.6 Å². The molecule has 2 aromatic carbocycles. The van der Waals surface area contributed by atoms with Crippen molar-refractivity contribution in [2.75, 3.05) is 26.8 Å². The molecule has 0 aromatic heterocycles. The number of aliphatic hydroxyl groups is 1. The smallest absolute Gasteiger partial charge is 0.490 e. The van der Waals surface area contributed by atoms with Gasteiger partial charge in [0.05, 0.1) is 20.2 Å². The summed E-state index contributed by atoms with van der Waals surface area (Å²) in [5.41, 5.74) is 8.46. The molecule has 1 fully saturated rings. The highest BCUT2D eigenvalue weighted by molar-refractivity contribution is 5.83. The number of aliphatic hydroxyl groups excluding tert-OH is 1. The Bertz CT molecular complexity index is 1040. The Balaban J connectivity index is 0.000000604. The van der Waals surface area contributed by atoms with Crippen molar-refractivity contribution in [2.24, 2.45) is 5.73 Å². The number of amides is 1. The second kappa shape index (κ2) is 12.9. The number of carboxylic acid groups (broad SMARTS) is 1. The second-order valence-electron chi connectivity index (χ2n) is 8.75. The topological polar surface area (TPSA) is 122 Å². The first-order valence-corrected chi connectivity index (χ1v) is 11.7. The Hall–Kier alpha value is -3.15.